The van der Waals surface area contributed by atoms with Crippen molar-refractivity contribution in [3.63, 3.8) is 0 Å². The highest BCUT2D eigenvalue weighted by atomic mass is 16.4. The number of carboxylic acid groups (broad SMARTS) is 1. The number of nitrogens with one attached hydrogen (secondary N) is 1. The molecule has 0 bridgehead atoms. The first-order valence-electron chi connectivity index (χ1n) is 4.86. The first-order valence-corrected chi connectivity index (χ1v) is 4.86. The molecule has 1 aromatic rings. The van der Waals surface area contributed by atoms with Gasteiger partial charge in [-0.25, -0.2) is 4.79 Å². The van der Waals surface area contributed by atoms with E-state index in [0.29, 0.717) is 0 Å². The van der Waals surface area contributed by atoms with Gasteiger partial charge < -0.3 is 21.3 Å². The third-order valence-corrected chi connectivity index (χ3v) is 2.05. The van der Waals surface area contributed by atoms with Crippen molar-refractivity contribution in [3.05, 3.63) is 24.0 Å². The minimum Gasteiger partial charge on any atom is -0.505 e. The van der Waals surface area contributed by atoms with Crippen LogP contribution in [0, 0.1) is 0 Å². The Kier molecular flexibility index (Phi) is 4.19. The zero-order valence-electron chi connectivity index (χ0n) is 9.16. The summed E-state index contributed by atoms with van der Waals surface area (Å²) in [5.74, 6) is -3.47. The quantitative estimate of drug-likeness (QED) is 0.521. The van der Waals surface area contributed by atoms with Crippen LogP contribution in [-0.2, 0) is 9.59 Å². The van der Waals surface area contributed by atoms with Crippen LogP contribution < -0.4 is 11.1 Å². The zero-order chi connectivity index (χ0) is 13.7. The van der Waals surface area contributed by atoms with Gasteiger partial charge in [-0.1, -0.05) is 0 Å². The molecule has 0 radical (unpaired) electrons. The second-order valence-electron chi connectivity index (χ2n) is 3.43. The monoisotopic (exact) mass is 253 g/mol. The fourth-order valence-corrected chi connectivity index (χ4v) is 1.22. The van der Waals surface area contributed by atoms with Gasteiger partial charge in [0, 0.05) is 6.20 Å². The van der Waals surface area contributed by atoms with Crippen molar-refractivity contribution in [2.45, 2.75) is 12.5 Å². The minimum atomic E-state index is -1.44. The molecule has 18 heavy (non-hydrogen) atoms. The smallest absolute Gasteiger partial charge is 0.326 e. The summed E-state index contributed by atoms with van der Waals surface area (Å²) in [5, 5.41) is 20.2. The van der Waals surface area contributed by atoms with E-state index in [0.717, 1.165) is 6.20 Å². The topological polar surface area (TPSA) is 143 Å². The molecular weight excluding hydrogens is 242 g/mol. The molecule has 0 saturated carbocycles. The van der Waals surface area contributed by atoms with Gasteiger partial charge in [-0.15, -0.1) is 0 Å². The maximum absolute atomic E-state index is 11.6. The van der Waals surface area contributed by atoms with Crippen molar-refractivity contribution in [3.8, 4) is 5.75 Å². The van der Waals surface area contributed by atoms with Crippen LogP contribution in [0.25, 0.3) is 0 Å². The van der Waals surface area contributed by atoms with Gasteiger partial charge in [0.15, 0.2) is 0 Å². The summed E-state index contributed by atoms with van der Waals surface area (Å²) in [5.41, 5.74) is 4.72. The maximum atomic E-state index is 11.6. The van der Waals surface area contributed by atoms with E-state index in [1.165, 1.54) is 12.3 Å². The number of rotatable bonds is 5. The Balaban J connectivity index is 2.82. The average molecular weight is 253 g/mol. The normalized spacial score (nSPS) is 11.6. The van der Waals surface area contributed by atoms with Crippen molar-refractivity contribution >= 4 is 17.8 Å². The lowest BCUT2D eigenvalue weighted by atomic mass is 10.1. The number of aromatic nitrogens is 1. The van der Waals surface area contributed by atoms with Crippen LogP contribution in [0.3, 0.4) is 0 Å². The first kappa shape index (κ1) is 13.4. The second-order valence-corrected chi connectivity index (χ2v) is 3.43. The summed E-state index contributed by atoms with van der Waals surface area (Å²) in [6.45, 7) is 0. The molecule has 1 aromatic heterocycles. The van der Waals surface area contributed by atoms with Crippen molar-refractivity contribution in [2.75, 3.05) is 0 Å². The number of nitrogens with two attached hydrogens (primary N) is 1. The van der Waals surface area contributed by atoms with Gasteiger partial charge in [0.2, 0.25) is 5.91 Å². The lowest BCUT2D eigenvalue weighted by Gasteiger charge is -2.13. The number of nitrogens with zero attached hydrogens (tertiary/aromatic N) is 1. The SMILES string of the molecule is NC(=O)CC(NC(=O)c1ccncc1O)C(=O)O. The van der Waals surface area contributed by atoms with Gasteiger partial charge in [-0.05, 0) is 6.07 Å². The van der Waals surface area contributed by atoms with E-state index in [-0.39, 0.29) is 5.56 Å². The predicted molar refractivity (Wildman–Crippen MR) is 58.6 cm³/mol. The van der Waals surface area contributed by atoms with Crippen LogP contribution >= 0.6 is 0 Å². The van der Waals surface area contributed by atoms with Gasteiger partial charge in [-0.2, -0.15) is 0 Å². The van der Waals surface area contributed by atoms with Gasteiger partial charge in [-0.3, -0.25) is 14.6 Å². The van der Waals surface area contributed by atoms with Crippen molar-refractivity contribution in [1.29, 1.82) is 0 Å². The highest BCUT2D eigenvalue weighted by Crippen LogP contribution is 2.13. The number of amides is 2. The number of hydrogen-bond acceptors (Lipinski definition) is 5. The van der Waals surface area contributed by atoms with Gasteiger partial charge in [0.05, 0.1) is 18.2 Å². The highest BCUT2D eigenvalue weighted by molar-refractivity contribution is 5.99. The largest absolute Gasteiger partial charge is 0.505 e. The molecule has 1 heterocycles. The van der Waals surface area contributed by atoms with E-state index in [2.05, 4.69) is 10.3 Å². The molecule has 5 N–H and O–H groups in total. The van der Waals surface area contributed by atoms with Gasteiger partial charge >= 0.3 is 5.97 Å². The Bertz CT molecular complexity index is 488. The van der Waals surface area contributed by atoms with Crippen LogP contribution in [0.5, 0.6) is 5.75 Å². The zero-order valence-corrected chi connectivity index (χ0v) is 9.16. The molecule has 0 aliphatic carbocycles. The van der Waals surface area contributed by atoms with Crippen LogP contribution in [0.2, 0.25) is 0 Å². The molecule has 0 aliphatic rings. The molecule has 8 heteroatoms. The highest BCUT2D eigenvalue weighted by Gasteiger charge is 2.23. The molecule has 0 aromatic carbocycles. The van der Waals surface area contributed by atoms with Crippen molar-refractivity contribution in [1.82, 2.24) is 10.3 Å². The van der Waals surface area contributed by atoms with E-state index < -0.39 is 36.0 Å². The molecule has 0 spiro atoms. The molecule has 0 fully saturated rings. The Morgan fingerprint density at radius 2 is 2.11 bits per heavy atom. The Morgan fingerprint density at radius 3 is 2.61 bits per heavy atom. The minimum absolute atomic E-state index is 0.138. The van der Waals surface area contributed by atoms with Crippen LogP contribution in [-0.4, -0.2) is 39.0 Å². The third kappa shape index (κ3) is 3.44. The number of carbonyl (C=O) groups excluding carboxylic acids is 2. The number of aromatic hydroxyl groups is 1. The molecule has 2 amide bonds. The summed E-state index contributed by atoms with van der Waals surface area (Å²) in [4.78, 5) is 36.7. The Labute approximate surface area is 101 Å². The van der Waals surface area contributed by atoms with Gasteiger partial charge in [0.25, 0.3) is 5.91 Å². The van der Waals surface area contributed by atoms with Crippen LogP contribution in [0.15, 0.2) is 18.5 Å². The summed E-state index contributed by atoms with van der Waals surface area (Å²) in [6, 6.07) is -0.226. The van der Waals surface area contributed by atoms with Crippen molar-refractivity contribution < 1.29 is 24.6 Å². The Hall–Kier alpha value is -2.64. The number of primary amides is 1. The molecule has 1 unspecified atom stereocenters. The van der Waals surface area contributed by atoms with Crippen LogP contribution in [0.4, 0.5) is 0 Å². The summed E-state index contributed by atoms with van der Waals surface area (Å²) in [6.07, 6.45) is 1.77. The lowest BCUT2D eigenvalue weighted by molar-refractivity contribution is -0.140. The van der Waals surface area contributed by atoms with Gasteiger partial charge in [0.1, 0.15) is 11.8 Å². The average Bonchev–Trinajstić information content (AvgIpc) is 2.27. The standard InChI is InChI=1S/C10H11N3O5/c11-8(15)3-6(10(17)18)13-9(16)5-1-2-12-4-7(5)14/h1-2,4,6,14H,3H2,(H2,11,15)(H,13,16)(H,17,18). The molecule has 8 nitrogen and oxygen atoms in total. The second kappa shape index (κ2) is 5.62. The number of carboxylic acids is 1. The summed E-state index contributed by atoms with van der Waals surface area (Å²) < 4.78 is 0. The fraction of sp³-hybridized carbons (Fsp3) is 0.200. The summed E-state index contributed by atoms with van der Waals surface area (Å²) >= 11 is 0. The number of pyridine rings is 1. The Morgan fingerprint density at radius 1 is 1.44 bits per heavy atom. The molecule has 0 aliphatic heterocycles. The van der Waals surface area contributed by atoms with E-state index in [1.54, 1.807) is 0 Å². The van der Waals surface area contributed by atoms with Crippen LogP contribution in [0.1, 0.15) is 16.8 Å². The van der Waals surface area contributed by atoms with E-state index >= 15 is 0 Å². The van der Waals surface area contributed by atoms with E-state index in [1.807, 2.05) is 0 Å². The molecular formula is C10H11N3O5. The first-order chi connectivity index (χ1) is 8.41. The molecule has 96 valence electrons. The lowest BCUT2D eigenvalue weighted by Crippen LogP contribution is -2.43. The number of hydrogen-bond donors (Lipinski definition) is 4. The summed E-state index contributed by atoms with van der Waals surface area (Å²) in [7, 11) is 0. The number of carbonyl (C=O) groups is 3. The van der Waals surface area contributed by atoms with Crippen molar-refractivity contribution in [2.24, 2.45) is 5.73 Å². The predicted octanol–water partition coefficient (Wildman–Crippen LogP) is -1.15. The van der Waals surface area contributed by atoms with E-state index in [9.17, 15) is 19.5 Å². The molecule has 0 saturated heterocycles. The maximum Gasteiger partial charge on any atom is 0.326 e. The van der Waals surface area contributed by atoms with E-state index in [4.69, 9.17) is 10.8 Å². The third-order valence-electron chi connectivity index (χ3n) is 2.05. The fourth-order valence-electron chi connectivity index (χ4n) is 1.22. The molecule has 1 rings (SSSR count). The molecule has 1 atom stereocenters. The number of aliphatic carboxylic acids is 1.